The fourth-order valence-corrected chi connectivity index (χ4v) is 5.19. The van der Waals surface area contributed by atoms with Crippen LogP contribution < -0.4 is 10.6 Å². The van der Waals surface area contributed by atoms with E-state index < -0.39 is 15.8 Å². The lowest BCUT2D eigenvalue weighted by molar-refractivity contribution is -0.384. The van der Waals surface area contributed by atoms with Gasteiger partial charge < -0.3 is 5.73 Å². The van der Waals surface area contributed by atoms with Crippen LogP contribution in [0.25, 0.3) is 0 Å². The minimum atomic E-state index is -0.781. The van der Waals surface area contributed by atoms with Crippen LogP contribution in [0.15, 0.2) is 53.0 Å². The number of benzene rings is 1. The molecule has 0 radical (unpaired) electrons. The van der Waals surface area contributed by atoms with Crippen molar-refractivity contribution in [1.29, 1.82) is 5.26 Å². The minimum absolute atomic E-state index is 0.0796. The molecule has 0 fully saturated rings. The molecule has 32 heavy (non-hydrogen) atoms. The first kappa shape index (κ1) is 21.2. The Kier molecular flexibility index (Phi) is 5.23. The van der Waals surface area contributed by atoms with Crippen LogP contribution in [0.4, 0.5) is 16.4 Å². The molecule has 1 aromatic heterocycles. The summed E-state index contributed by atoms with van der Waals surface area (Å²) in [5.41, 5.74) is 8.62. The Bertz CT molecular complexity index is 1290. The zero-order valence-corrected chi connectivity index (χ0v) is 17.7. The fraction of sp³-hybridized carbons (Fsp3) is 0.238. The van der Waals surface area contributed by atoms with Gasteiger partial charge in [-0.05, 0) is 37.5 Å². The van der Waals surface area contributed by atoms with Gasteiger partial charge in [-0.25, -0.2) is 0 Å². The third kappa shape index (κ3) is 3.30. The Hall–Kier alpha value is -4.04. The number of aryl methyl sites for hydroxylation is 1. The Morgan fingerprint density at radius 1 is 1.19 bits per heavy atom. The van der Waals surface area contributed by atoms with Gasteiger partial charge in [0, 0.05) is 40.8 Å². The average molecular weight is 451 g/mol. The Morgan fingerprint density at radius 2 is 1.94 bits per heavy atom. The topological polar surface area (TPSA) is 156 Å². The monoisotopic (exact) mass is 451 g/mol. The van der Waals surface area contributed by atoms with Crippen LogP contribution in [0.1, 0.15) is 35.6 Å². The lowest BCUT2D eigenvalue weighted by atomic mass is 9.78. The summed E-state index contributed by atoms with van der Waals surface area (Å²) in [6.07, 6.45) is 1.40. The van der Waals surface area contributed by atoms with Gasteiger partial charge in [0.1, 0.15) is 5.82 Å². The molecule has 10 nitrogen and oxygen atoms in total. The van der Waals surface area contributed by atoms with Crippen molar-refractivity contribution in [2.24, 2.45) is 5.73 Å². The number of nitrogens with two attached hydrogens (primary N) is 1. The second-order valence-corrected chi connectivity index (χ2v) is 8.57. The smallest absolute Gasteiger partial charge is 0.324 e. The molecule has 0 amide bonds. The number of ketones is 1. The molecular formula is C21H17N5O5S. The summed E-state index contributed by atoms with van der Waals surface area (Å²) in [5.74, 6) is -0.813. The molecule has 0 bridgehead atoms. The van der Waals surface area contributed by atoms with E-state index in [0.717, 1.165) is 11.3 Å². The molecule has 0 unspecified atom stereocenters. The Labute approximate surface area is 186 Å². The molecule has 2 heterocycles. The van der Waals surface area contributed by atoms with E-state index in [4.69, 9.17) is 5.73 Å². The van der Waals surface area contributed by atoms with E-state index >= 15 is 0 Å². The maximum absolute atomic E-state index is 13.1. The summed E-state index contributed by atoms with van der Waals surface area (Å²) in [6, 6.07) is 9.31. The number of nitrogens with zero attached hydrogens (tertiary/aromatic N) is 4. The largest absolute Gasteiger partial charge is 0.384 e. The number of non-ortho nitro benzene ring substituents is 1. The number of nitro groups is 2. The van der Waals surface area contributed by atoms with Crippen molar-refractivity contribution in [1.82, 2.24) is 0 Å². The lowest BCUT2D eigenvalue weighted by Gasteiger charge is -2.39. The standard InChI is InChI=1S/C21H17N5O5S/c1-11-9-12(25(28)29)5-6-14(11)24-15-3-2-4-16(27)20(15)19(13(10-22)21(24)23)17-7-8-18(32-17)26(30)31/h5-9,19H,2-4,23H2,1H3/t19-/m1/s1. The van der Waals surface area contributed by atoms with Gasteiger partial charge >= 0.3 is 5.00 Å². The van der Waals surface area contributed by atoms with Gasteiger partial charge in [0.05, 0.1) is 33.1 Å². The van der Waals surface area contributed by atoms with Gasteiger partial charge in [-0.1, -0.05) is 11.3 Å². The Balaban J connectivity index is 1.94. The molecule has 0 spiro atoms. The molecule has 4 rings (SSSR count). The van der Waals surface area contributed by atoms with E-state index in [2.05, 4.69) is 6.07 Å². The summed E-state index contributed by atoms with van der Waals surface area (Å²) in [5, 5.41) is 32.2. The number of carbonyl (C=O) groups excluding carboxylic acids is 1. The number of hydrogen-bond donors (Lipinski definition) is 1. The molecule has 2 aliphatic rings. The van der Waals surface area contributed by atoms with Gasteiger partial charge in [-0.3, -0.25) is 29.9 Å². The molecule has 162 valence electrons. The molecule has 1 atom stereocenters. The van der Waals surface area contributed by atoms with Crippen LogP contribution >= 0.6 is 11.3 Å². The van der Waals surface area contributed by atoms with E-state index in [1.165, 1.54) is 18.2 Å². The molecule has 0 saturated carbocycles. The first-order valence-corrected chi connectivity index (χ1v) is 10.5. The summed E-state index contributed by atoms with van der Waals surface area (Å²) < 4.78 is 0. The normalized spacial score (nSPS) is 18.4. The molecule has 1 aliphatic heterocycles. The van der Waals surface area contributed by atoms with E-state index in [9.17, 15) is 30.3 Å². The quantitative estimate of drug-likeness (QED) is 0.536. The first-order chi connectivity index (χ1) is 15.2. The van der Waals surface area contributed by atoms with Gasteiger partial charge in [0.2, 0.25) is 0 Å². The van der Waals surface area contributed by atoms with Gasteiger partial charge in [0.15, 0.2) is 5.78 Å². The lowest BCUT2D eigenvalue weighted by Crippen LogP contribution is -2.38. The molecule has 1 aliphatic carbocycles. The third-order valence-corrected chi connectivity index (χ3v) is 6.72. The number of allylic oxidation sites excluding steroid dienone is 3. The van der Waals surface area contributed by atoms with Gasteiger partial charge in [0.25, 0.3) is 5.69 Å². The number of rotatable bonds is 4. The maximum atomic E-state index is 13.1. The van der Waals surface area contributed by atoms with Crippen molar-refractivity contribution < 1.29 is 14.6 Å². The number of nitro benzene ring substituents is 1. The van der Waals surface area contributed by atoms with Crippen molar-refractivity contribution in [3.05, 3.63) is 83.7 Å². The highest BCUT2D eigenvalue weighted by atomic mass is 32.1. The zero-order chi connectivity index (χ0) is 23.2. The van der Waals surface area contributed by atoms with Crippen LogP contribution in [-0.4, -0.2) is 15.6 Å². The number of hydrogen-bond acceptors (Lipinski definition) is 9. The molecule has 11 heteroatoms. The van der Waals surface area contributed by atoms with E-state index in [0.29, 0.717) is 46.7 Å². The van der Waals surface area contributed by atoms with Crippen LogP contribution in [0, 0.1) is 38.5 Å². The maximum Gasteiger partial charge on any atom is 0.324 e. The predicted molar refractivity (Wildman–Crippen MR) is 117 cm³/mol. The van der Waals surface area contributed by atoms with Crippen molar-refractivity contribution in [3.63, 3.8) is 0 Å². The zero-order valence-electron chi connectivity index (χ0n) is 16.9. The van der Waals surface area contributed by atoms with Crippen molar-refractivity contribution in [3.8, 4) is 6.07 Å². The van der Waals surface area contributed by atoms with E-state index in [1.54, 1.807) is 24.0 Å². The molecular weight excluding hydrogens is 434 g/mol. The number of anilines is 1. The summed E-state index contributed by atoms with van der Waals surface area (Å²) in [4.78, 5) is 36.5. The number of nitriles is 1. The van der Waals surface area contributed by atoms with Crippen LogP contribution in [0.2, 0.25) is 0 Å². The highest BCUT2D eigenvalue weighted by Gasteiger charge is 2.41. The average Bonchev–Trinajstić information content (AvgIpc) is 3.24. The number of thiophene rings is 1. The highest BCUT2D eigenvalue weighted by molar-refractivity contribution is 7.15. The van der Waals surface area contributed by atoms with Crippen molar-refractivity contribution >= 4 is 33.5 Å². The summed E-state index contributed by atoms with van der Waals surface area (Å²) in [6.45, 7) is 1.70. The number of Topliss-reactive ketones (excluding diaryl/α,β-unsaturated/α-hetero) is 1. The second kappa shape index (κ2) is 7.90. The Morgan fingerprint density at radius 3 is 2.53 bits per heavy atom. The van der Waals surface area contributed by atoms with Crippen LogP contribution in [0.3, 0.4) is 0 Å². The predicted octanol–water partition coefficient (Wildman–Crippen LogP) is 4.18. The fourth-order valence-electron chi connectivity index (χ4n) is 4.25. The third-order valence-electron chi connectivity index (χ3n) is 5.62. The van der Waals surface area contributed by atoms with Crippen LogP contribution in [-0.2, 0) is 4.79 Å². The summed E-state index contributed by atoms with van der Waals surface area (Å²) in [7, 11) is 0. The van der Waals surface area contributed by atoms with E-state index in [1.807, 2.05) is 0 Å². The van der Waals surface area contributed by atoms with E-state index in [-0.39, 0.29) is 27.9 Å². The highest BCUT2D eigenvalue weighted by Crippen LogP contribution is 2.48. The first-order valence-electron chi connectivity index (χ1n) is 9.69. The molecule has 1 aromatic carbocycles. The van der Waals surface area contributed by atoms with Gasteiger partial charge in [-0.15, -0.1) is 0 Å². The number of carbonyl (C=O) groups is 1. The summed E-state index contributed by atoms with van der Waals surface area (Å²) >= 11 is 0.912. The second-order valence-electron chi connectivity index (χ2n) is 7.48. The minimum Gasteiger partial charge on any atom is -0.384 e. The molecule has 2 N–H and O–H groups in total. The SMILES string of the molecule is Cc1cc([N+](=O)[O-])ccc1N1C(N)=C(C#N)[C@H](c2ccc([N+](=O)[O-])s2)C2=C1CCCC2=O. The van der Waals surface area contributed by atoms with Crippen molar-refractivity contribution in [2.45, 2.75) is 32.1 Å². The molecule has 2 aromatic rings. The van der Waals surface area contributed by atoms with Crippen molar-refractivity contribution in [2.75, 3.05) is 4.90 Å². The molecule has 0 saturated heterocycles. The van der Waals surface area contributed by atoms with Crippen LogP contribution in [0.5, 0.6) is 0 Å². The van der Waals surface area contributed by atoms with Gasteiger partial charge in [-0.2, -0.15) is 5.26 Å².